The minimum Gasteiger partial charge on any atom is -0.481 e. The van der Waals surface area contributed by atoms with Crippen LogP contribution in [-0.2, 0) is 78.4 Å². The average molecular weight is 1310 g/mol. The van der Waals surface area contributed by atoms with Gasteiger partial charge in [0, 0.05) is 67.0 Å². The number of H-pyrrole nitrogens is 2. The fraction of sp³-hybridized carbons (Fsp3) is 0.417. The number of carbonyl (C=O) groups is 11. The molecule has 1 aliphatic rings. The number of benzene rings is 3. The van der Waals surface area contributed by atoms with Gasteiger partial charge in [0.2, 0.25) is 59.1 Å². The normalized spacial score (nSPS) is 22.1. The van der Waals surface area contributed by atoms with Crippen molar-refractivity contribution in [2.75, 3.05) is 18.1 Å². The van der Waals surface area contributed by atoms with Crippen LogP contribution in [0.2, 0.25) is 0 Å². The molecule has 0 bridgehead atoms. The van der Waals surface area contributed by atoms with Crippen LogP contribution in [0.4, 0.5) is 0 Å². The van der Waals surface area contributed by atoms with Crippen LogP contribution in [0, 0.1) is 5.41 Å². The van der Waals surface area contributed by atoms with Crippen LogP contribution in [0.3, 0.4) is 0 Å². The van der Waals surface area contributed by atoms with Crippen molar-refractivity contribution in [2.24, 2.45) is 17.2 Å². The molecule has 11 atom stereocenters. The molecular formula is C60H79N17O13S2. The van der Waals surface area contributed by atoms with E-state index in [1.54, 1.807) is 91.1 Å². The molecule has 3 aromatic carbocycles. The second kappa shape index (κ2) is 35.8. The fourth-order valence-corrected chi connectivity index (χ4v) is 12.0. The van der Waals surface area contributed by atoms with Crippen LogP contribution in [0.15, 0.2) is 104 Å². The Kier molecular flexibility index (Phi) is 27.8. The summed E-state index contributed by atoms with van der Waals surface area (Å²) in [7, 11) is 1.81. The lowest BCUT2D eigenvalue weighted by molar-refractivity contribution is -0.138. The zero-order valence-corrected chi connectivity index (χ0v) is 52.2. The number of imidazole rings is 1. The van der Waals surface area contributed by atoms with E-state index in [1.807, 2.05) is 0 Å². The lowest BCUT2D eigenvalue weighted by atomic mass is 10.0. The van der Waals surface area contributed by atoms with E-state index in [0.717, 1.165) is 21.6 Å². The molecule has 30 nitrogen and oxygen atoms in total. The highest BCUT2D eigenvalue weighted by atomic mass is 33.1. The van der Waals surface area contributed by atoms with Gasteiger partial charge < -0.3 is 90.5 Å². The van der Waals surface area contributed by atoms with Crippen LogP contribution in [0.1, 0.15) is 68.3 Å². The van der Waals surface area contributed by atoms with E-state index in [-0.39, 0.29) is 68.2 Å². The van der Waals surface area contributed by atoms with E-state index in [0.29, 0.717) is 34.0 Å². The van der Waals surface area contributed by atoms with Gasteiger partial charge in [-0.3, -0.25) is 58.1 Å². The number of carbonyl (C=O) groups excluding carboxylic acids is 10. The average Bonchev–Trinajstić information content (AvgIpc) is 1.84. The predicted octanol–water partition coefficient (Wildman–Crippen LogP) is -2.35. The van der Waals surface area contributed by atoms with Gasteiger partial charge in [0.05, 0.1) is 24.2 Å². The van der Waals surface area contributed by atoms with Crippen LogP contribution in [0.5, 0.6) is 0 Å². The Labute approximate surface area is 537 Å². The third kappa shape index (κ3) is 22.7. The zero-order chi connectivity index (χ0) is 66.9. The number of aromatic amines is 2. The fourth-order valence-electron chi connectivity index (χ4n) is 9.67. The molecule has 1 fully saturated rings. The minimum atomic E-state index is -1.69. The molecular weight excluding hydrogens is 1230 g/mol. The molecule has 10 amide bonds. The number of fused-ring (bicyclic) bond motifs is 1. The van der Waals surface area contributed by atoms with E-state index >= 15 is 4.79 Å². The number of aliphatic hydroxyl groups excluding tert-OH is 1. The standard InChI is InChI=1S/C60H79N17O13S2/c1-32-51(82)75-47(59(90)77-49(33(2)78)50(62)81)30-92-91-29-46(76-52(83)39(61)23-34-13-5-3-6-14-34)58(89)74-45(26-37-28-65-31-68-37)57(88)72-43(24-35-15-7-4-8-16-35)55(86)70-41(19-11-12-22-66-60(63)64)54(85)73-44(25-36-27-67-40-18-10-9-17-38(36)40)56(87)71-42(53(84)69-32)20-21-48(79)80/h3-10,13-18,27-28,31-33,39,41-47,49,67,78H,11-12,19-26,29-30,61H2,1-2H3,(H2,62,81)(H,65,68)(H,69,84)(H,70,86)(H,71,87)(H,72,88)(H,73,85)(H,74,89)(H,75,82)(H,76,83)(H,77,90)(H,79,80)(H4,63,64,66)/t32-,33+,39+,41-,42-,43+,44-,45-,46-,47+,49-/m0/s1. The number of nitrogens with one attached hydrogen (secondary N) is 13. The Morgan fingerprint density at radius 1 is 0.674 bits per heavy atom. The minimum absolute atomic E-state index is 0.0505. The SMILES string of the molecule is C[C@@H]1NC(=O)[C@H](CCC(=O)O)NC(=O)[C@H](Cc2c[nH]c3ccccc23)NC(=O)[C@H](CCCCNC(=N)N)NC(=O)[C@@H](Cc2ccccc2)NC(=O)[C@H](Cc2c[nH]cn2)NC(=O)[C@@H](NC(=O)[C@H](N)Cc2ccccc2)CSSC[C@H](C(=O)N[C@H](C(N)=O)[C@@H](C)O)NC1=O. The zero-order valence-electron chi connectivity index (χ0n) is 50.5. The van der Waals surface area contributed by atoms with Gasteiger partial charge in [-0.05, 0) is 68.7 Å². The number of unbranched alkanes of at least 4 members (excludes halogenated alkanes) is 1. The molecule has 0 unspecified atom stereocenters. The van der Waals surface area contributed by atoms with Crippen molar-refractivity contribution >= 4 is 103 Å². The second-order valence-corrected chi connectivity index (χ2v) is 24.5. The Hall–Kier alpha value is -9.53. The molecule has 5 aromatic rings. The summed E-state index contributed by atoms with van der Waals surface area (Å²) in [4.78, 5) is 165. The molecule has 21 N–H and O–H groups in total. The first-order chi connectivity index (χ1) is 43.9. The van der Waals surface area contributed by atoms with Gasteiger partial charge in [0.25, 0.3) is 0 Å². The molecule has 2 aromatic heterocycles. The highest BCUT2D eigenvalue weighted by Crippen LogP contribution is 2.24. The number of aromatic nitrogens is 3. The van der Waals surface area contributed by atoms with E-state index in [9.17, 15) is 58.2 Å². The molecule has 6 rings (SSSR count). The first-order valence-corrected chi connectivity index (χ1v) is 32.1. The number of carboxylic acid groups (broad SMARTS) is 1. The number of hydrogen-bond acceptors (Lipinski definition) is 17. The van der Waals surface area contributed by atoms with Crippen molar-refractivity contribution in [3.05, 3.63) is 126 Å². The van der Waals surface area contributed by atoms with E-state index < -0.39 is 144 Å². The predicted molar refractivity (Wildman–Crippen MR) is 342 cm³/mol. The number of rotatable bonds is 22. The van der Waals surface area contributed by atoms with Gasteiger partial charge in [-0.15, -0.1) is 0 Å². The Balaban J connectivity index is 1.44. The third-order valence-electron chi connectivity index (χ3n) is 14.7. The highest BCUT2D eigenvalue weighted by molar-refractivity contribution is 8.76. The maximum atomic E-state index is 15.0. The number of nitrogens with two attached hydrogens (primary N) is 3. The molecule has 32 heteroatoms. The van der Waals surface area contributed by atoms with Crippen LogP contribution < -0.4 is 70.4 Å². The summed E-state index contributed by atoms with van der Waals surface area (Å²) in [6.45, 7) is 2.60. The Bertz CT molecular complexity index is 3360. The van der Waals surface area contributed by atoms with E-state index in [4.69, 9.17) is 22.6 Å². The van der Waals surface area contributed by atoms with E-state index in [2.05, 4.69) is 68.1 Å². The van der Waals surface area contributed by atoms with Crippen molar-refractivity contribution in [1.29, 1.82) is 5.41 Å². The number of guanidine groups is 1. The molecule has 0 aliphatic carbocycles. The number of primary amides is 1. The van der Waals surface area contributed by atoms with Gasteiger partial charge in [0.15, 0.2) is 5.96 Å². The van der Waals surface area contributed by atoms with Gasteiger partial charge in [-0.1, -0.05) is 100 Å². The number of aliphatic carboxylic acids is 1. The Morgan fingerprint density at radius 3 is 1.86 bits per heavy atom. The summed E-state index contributed by atoms with van der Waals surface area (Å²) in [5, 5.41) is 54.6. The molecule has 0 radical (unpaired) electrons. The summed E-state index contributed by atoms with van der Waals surface area (Å²) in [5.41, 5.74) is 20.2. The van der Waals surface area contributed by atoms with Crippen LogP contribution in [-0.4, -0.2) is 181 Å². The van der Waals surface area contributed by atoms with Gasteiger partial charge in [-0.2, -0.15) is 0 Å². The van der Waals surface area contributed by atoms with Crippen molar-refractivity contribution < 1.29 is 63.0 Å². The maximum absolute atomic E-state index is 15.0. The van der Waals surface area contributed by atoms with Crippen LogP contribution >= 0.6 is 21.6 Å². The van der Waals surface area contributed by atoms with Crippen LogP contribution in [0.25, 0.3) is 10.9 Å². The Morgan fingerprint density at radius 2 is 1.24 bits per heavy atom. The monoisotopic (exact) mass is 1310 g/mol. The van der Waals surface area contributed by atoms with Crippen molar-refractivity contribution in [2.45, 2.75) is 138 Å². The summed E-state index contributed by atoms with van der Waals surface area (Å²) in [6.07, 6.45) is 1.48. The molecule has 3 heterocycles. The molecule has 0 saturated carbocycles. The molecule has 92 heavy (non-hydrogen) atoms. The smallest absolute Gasteiger partial charge is 0.303 e. The molecule has 0 spiro atoms. The van der Waals surface area contributed by atoms with Crippen molar-refractivity contribution in [1.82, 2.24) is 68.1 Å². The van der Waals surface area contributed by atoms with E-state index in [1.165, 1.54) is 26.4 Å². The largest absolute Gasteiger partial charge is 0.481 e. The number of hydrogen-bond donors (Lipinski definition) is 18. The number of para-hydroxylation sites is 1. The quantitative estimate of drug-likeness (QED) is 0.0149. The highest BCUT2D eigenvalue weighted by Gasteiger charge is 2.37. The second-order valence-electron chi connectivity index (χ2n) is 21.9. The molecule has 1 aliphatic heterocycles. The first kappa shape index (κ1) is 71.5. The molecule has 494 valence electrons. The summed E-state index contributed by atoms with van der Waals surface area (Å²) in [6, 6.07) is 9.17. The first-order valence-electron chi connectivity index (χ1n) is 29.6. The third-order valence-corrected chi connectivity index (χ3v) is 17.1. The van der Waals surface area contributed by atoms with Gasteiger partial charge >= 0.3 is 5.97 Å². The summed E-state index contributed by atoms with van der Waals surface area (Å²) >= 11 is 0. The number of carboxylic acids is 1. The topological polar surface area (TPSA) is 495 Å². The lowest BCUT2D eigenvalue weighted by Crippen LogP contribution is -2.61. The summed E-state index contributed by atoms with van der Waals surface area (Å²) < 4.78 is 0. The lowest BCUT2D eigenvalue weighted by Gasteiger charge is -2.28. The maximum Gasteiger partial charge on any atom is 0.303 e. The van der Waals surface area contributed by atoms with Gasteiger partial charge in [0.1, 0.15) is 54.4 Å². The van der Waals surface area contributed by atoms with Crippen molar-refractivity contribution in [3.8, 4) is 0 Å². The number of aliphatic hydroxyl groups is 1. The number of amides is 10. The van der Waals surface area contributed by atoms with Gasteiger partial charge in [-0.25, -0.2) is 4.98 Å². The summed E-state index contributed by atoms with van der Waals surface area (Å²) in [5.74, 6) is -12.0. The number of nitrogens with zero attached hydrogens (tertiary/aromatic N) is 1. The van der Waals surface area contributed by atoms with Crippen molar-refractivity contribution in [3.63, 3.8) is 0 Å². The molecule has 1 saturated heterocycles.